The van der Waals surface area contributed by atoms with E-state index in [1.54, 1.807) is 18.2 Å². The van der Waals surface area contributed by atoms with Crippen LogP contribution < -0.4 is 10.6 Å². The Kier molecular flexibility index (Phi) is 11.1. The van der Waals surface area contributed by atoms with Crippen LogP contribution in [0, 0.1) is 17.2 Å². The predicted molar refractivity (Wildman–Crippen MR) is 123 cm³/mol. The Hall–Kier alpha value is -3.23. The summed E-state index contributed by atoms with van der Waals surface area (Å²) in [4.78, 5) is 28.9. The van der Waals surface area contributed by atoms with Crippen LogP contribution in [0.4, 0.5) is 22.0 Å². The summed E-state index contributed by atoms with van der Waals surface area (Å²) in [5, 5.41) is 12.9. The summed E-state index contributed by atoms with van der Waals surface area (Å²) in [7, 11) is 0. The van der Waals surface area contributed by atoms with Crippen LogP contribution in [-0.2, 0) is 22.7 Å². The molecule has 1 aromatic carbocycles. The highest BCUT2D eigenvalue weighted by molar-refractivity contribution is 5.77. The molecule has 2 aliphatic rings. The van der Waals surface area contributed by atoms with Crippen LogP contribution in [0.3, 0.4) is 0 Å². The molecule has 0 spiro atoms. The van der Waals surface area contributed by atoms with Crippen molar-refractivity contribution in [2.75, 3.05) is 0 Å². The van der Waals surface area contributed by atoms with Gasteiger partial charge in [-0.3, -0.25) is 9.59 Å². The van der Waals surface area contributed by atoms with Gasteiger partial charge in [0.15, 0.2) is 0 Å². The van der Waals surface area contributed by atoms with Crippen molar-refractivity contribution < 1.29 is 31.5 Å². The average Bonchev–Trinajstić information content (AvgIpc) is 3.58. The monoisotopic (exact) mass is 515 g/mol. The number of nitrogens with one attached hydrogen (secondary N) is 3. The molecule has 2 amide bonds. The van der Waals surface area contributed by atoms with Crippen molar-refractivity contribution in [1.29, 1.82) is 5.26 Å². The van der Waals surface area contributed by atoms with E-state index in [-0.39, 0.29) is 25.9 Å². The van der Waals surface area contributed by atoms with Gasteiger partial charge < -0.3 is 15.6 Å². The molecule has 2 fully saturated rings. The second kappa shape index (κ2) is 13.8. The van der Waals surface area contributed by atoms with E-state index in [1.807, 2.05) is 0 Å². The minimum Gasteiger partial charge on any atom is -0.352 e. The summed E-state index contributed by atoms with van der Waals surface area (Å²) < 4.78 is 60.5. The molecule has 0 atom stereocenters. The summed E-state index contributed by atoms with van der Waals surface area (Å²) in [5.41, 5.74) is 2.14. The molecule has 7 nitrogen and oxygen atoms in total. The third-order valence-electron chi connectivity index (χ3n) is 5.42. The zero-order chi connectivity index (χ0) is 26.6. The number of imidazole rings is 1. The van der Waals surface area contributed by atoms with Crippen molar-refractivity contribution in [2.24, 2.45) is 5.92 Å². The van der Waals surface area contributed by atoms with E-state index >= 15 is 0 Å². The summed E-state index contributed by atoms with van der Waals surface area (Å²) in [5.74, 6) is -1.95. The Bertz CT molecular complexity index is 1020. The number of alkyl halides is 5. The number of fused-ring (bicyclic) bond motifs is 1. The number of aromatic nitrogens is 2. The van der Waals surface area contributed by atoms with Gasteiger partial charge in [-0.1, -0.05) is 12.5 Å². The number of halogens is 5. The van der Waals surface area contributed by atoms with Crippen LogP contribution in [0.2, 0.25) is 0 Å². The maximum Gasteiger partial charge on any atom is 0.389 e. The highest BCUT2D eigenvalue weighted by Crippen LogP contribution is 2.32. The van der Waals surface area contributed by atoms with Gasteiger partial charge in [0.05, 0.1) is 30.1 Å². The van der Waals surface area contributed by atoms with Crippen molar-refractivity contribution in [3.05, 3.63) is 29.6 Å². The van der Waals surface area contributed by atoms with Crippen molar-refractivity contribution in [2.45, 2.75) is 83.0 Å². The van der Waals surface area contributed by atoms with Gasteiger partial charge >= 0.3 is 6.18 Å². The molecular formula is C24H30F5N5O2. The Morgan fingerprint density at radius 3 is 2.39 bits per heavy atom. The van der Waals surface area contributed by atoms with E-state index in [2.05, 4.69) is 26.7 Å². The molecule has 2 aliphatic carbocycles. The molecule has 0 bridgehead atoms. The first-order valence-corrected chi connectivity index (χ1v) is 11.8. The molecular weight excluding hydrogens is 485 g/mol. The fourth-order valence-electron chi connectivity index (χ4n) is 3.27. The molecule has 0 unspecified atom stereocenters. The van der Waals surface area contributed by atoms with Gasteiger partial charge in [0.2, 0.25) is 18.2 Å². The van der Waals surface area contributed by atoms with Gasteiger partial charge in [0.1, 0.15) is 5.82 Å². The third kappa shape index (κ3) is 12.0. The van der Waals surface area contributed by atoms with E-state index in [0.29, 0.717) is 36.5 Å². The number of amides is 2. The lowest BCUT2D eigenvalue weighted by Gasteiger charge is -2.20. The first-order valence-electron chi connectivity index (χ1n) is 11.8. The number of aromatic amines is 1. The van der Waals surface area contributed by atoms with Crippen molar-refractivity contribution in [3.8, 4) is 6.07 Å². The average molecular weight is 516 g/mol. The molecule has 0 aliphatic heterocycles. The number of nitriles is 1. The fraction of sp³-hybridized carbons (Fsp3) is 0.583. The highest BCUT2D eigenvalue weighted by Gasteiger charge is 2.30. The molecule has 12 heteroatoms. The van der Waals surface area contributed by atoms with E-state index < -0.39 is 30.8 Å². The molecule has 1 aromatic heterocycles. The zero-order valence-electron chi connectivity index (χ0n) is 19.8. The normalized spacial score (nSPS) is 16.4. The molecule has 0 saturated heterocycles. The largest absolute Gasteiger partial charge is 0.389 e. The lowest BCUT2D eigenvalue weighted by Crippen LogP contribution is -2.24. The van der Waals surface area contributed by atoms with Gasteiger partial charge in [-0.15, -0.1) is 0 Å². The van der Waals surface area contributed by atoms with Crippen LogP contribution in [0.15, 0.2) is 18.2 Å². The number of nitrogens with zero attached hydrogens (tertiary/aromatic N) is 2. The summed E-state index contributed by atoms with van der Waals surface area (Å²) in [6.07, 6.45) is -0.529. The standard InChI is InChI=1S/C14H15F3N4O2.C6H10F2.C4H5N/c15-14(16,17)4-3-13(23)19-6-9-1-2-10-11(5-9)21-12(20-10)7-18-8-22;7-6(8)4-2-1-3-5-6;5-3-4-1-2-4/h1-2,5,8H,3-4,6-7H2,(H,18,22)(H,19,23)(H,20,21);1-5H2;4H,1-2H2. The van der Waals surface area contributed by atoms with Crippen molar-refractivity contribution in [1.82, 2.24) is 20.6 Å². The molecule has 1 heterocycles. The van der Waals surface area contributed by atoms with Gasteiger partial charge in [-0.05, 0) is 43.4 Å². The van der Waals surface area contributed by atoms with Crippen LogP contribution in [0.25, 0.3) is 11.0 Å². The van der Waals surface area contributed by atoms with Crippen LogP contribution in [0.5, 0.6) is 0 Å². The summed E-state index contributed by atoms with van der Waals surface area (Å²) >= 11 is 0. The summed E-state index contributed by atoms with van der Waals surface area (Å²) in [6.45, 7) is 0.398. The number of rotatable bonds is 7. The van der Waals surface area contributed by atoms with E-state index in [1.165, 1.54) is 0 Å². The lowest BCUT2D eigenvalue weighted by atomic mass is 9.97. The quantitative estimate of drug-likeness (QED) is 0.344. The molecule has 3 N–H and O–H groups in total. The molecule has 198 valence electrons. The Morgan fingerprint density at radius 2 is 1.89 bits per heavy atom. The Balaban J connectivity index is 0.000000283. The number of H-pyrrole nitrogens is 1. The minimum absolute atomic E-state index is 0.118. The number of benzene rings is 1. The van der Waals surface area contributed by atoms with E-state index in [0.717, 1.165) is 30.3 Å². The zero-order valence-corrected chi connectivity index (χ0v) is 19.8. The second-order valence-corrected chi connectivity index (χ2v) is 8.75. The fourth-order valence-corrected chi connectivity index (χ4v) is 3.27. The van der Waals surface area contributed by atoms with Crippen LogP contribution in [-0.4, -0.2) is 34.4 Å². The van der Waals surface area contributed by atoms with Crippen molar-refractivity contribution >= 4 is 23.4 Å². The molecule has 2 aromatic rings. The Morgan fingerprint density at radius 1 is 1.19 bits per heavy atom. The van der Waals surface area contributed by atoms with Crippen molar-refractivity contribution in [3.63, 3.8) is 0 Å². The summed E-state index contributed by atoms with van der Waals surface area (Å²) in [6, 6.07) is 7.34. The third-order valence-corrected chi connectivity index (χ3v) is 5.42. The molecule has 0 radical (unpaired) electrons. The lowest BCUT2D eigenvalue weighted by molar-refractivity contribution is -0.144. The van der Waals surface area contributed by atoms with Crippen LogP contribution >= 0.6 is 0 Å². The number of carbonyl (C=O) groups is 2. The first kappa shape index (κ1) is 29.0. The molecule has 4 rings (SSSR count). The number of carbonyl (C=O) groups excluding carboxylic acids is 2. The van der Waals surface area contributed by atoms with Crippen LogP contribution in [0.1, 0.15) is 69.2 Å². The second-order valence-electron chi connectivity index (χ2n) is 8.75. The number of hydrogen-bond acceptors (Lipinski definition) is 4. The van der Waals surface area contributed by atoms with Gasteiger partial charge in [0, 0.05) is 31.7 Å². The molecule has 2 saturated carbocycles. The van der Waals surface area contributed by atoms with E-state index in [4.69, 9.17) is 5.26 Å². The smallest absolute Gasteiger partial charge is 0.352 e. The first-order chi connectivity index (χ1) is 17.0. The Labute approximate surface area is 205 Å². The SMILES string of the molecule is FC1(F)CCCCC1.N#CC1CC1.O=CNCc1nc2ccc(CNC(=O)CCC(F)(F)F)cc2[nH]1. The van der Waals surface area contributed by atoms with E-state index in [9.17, 15) is 31.5 Å². The number of hydrogen-bond donors (Lipinski definition) is 3. The minimum atomic E-state index is -4.34. The predicted octanol–water partition coefficient (Wildman–Crippen LogP) is 5.27. The van der Waals surface area contributed by atoms with Gasteiger partial charge in [0.25, 0.3) is 0 Å². The van der Waals surface area contributed by atoms with Gasteiger partial charge in [-0.25, -0.2) is 13.8 Å². The topological polar surface area (TPSA) is 111 Å². The van der Waals surface area contributed by atoms with Gasteiger partial charge in [-0.2, -0.15) is 18.4 Å². The molecule has 36 heavy (non-hydrogen) atoms. The highest BCUT2D eigenvalue weighted by atomic mass is 19.4. The maximum atomic E-state index is 12.2. The maximum absolute atomic E-state index is 12.2.